The first kappa shape index (κ1) is 15.3. The van der Waals surface area contributed by atoms with Gasteiger partial charge in [-0.15, -0.1) is 0 Å². The number of benzene rings is 1. The van der Waals surface area contributed by atoms with Gasteiger partial charge < -0.3 is 0 Å². The van der Waals surface area contributed by atoms with E-state index in [4.69, 9.17) is 0 Å². The van der Waals surface area contributed by atoms with Crippen molar-refractivity contribution in [2.45, 2.75) is 33.1 Å². The van der Waals surface area contributed by atoms with Crippen LogP contribution in [0.5, 0.6) is 0 Å². The van der Waals surface area contributed by atoms with E-state index in [1.54, 1.807) is 22.9 Å². The van der Waals surface area contributed by atoms with Gasteiger partial charge in [0.25, 0.3) is 5.56 Å². The average Bonchev–Trinajstić information content (AvgIpc) is 2.61. The Bertz CT molecular complexity index is 864. The van der Waals surface area contributed by atoms with Gasteiger partial charge in [0.05, 0.1) is 17.3 Å². The summed E-state index contributed by atoms with van der Waals surface area (Å²) in [5.41, 5.74) is 3.74. The molecule has 2 aromatic rings. The zero-order chi connectivity index (χ0) is 16.4. The van der Waals surface area contributed by atoms with E-state index in [1.807, 2.05) is 24.3 Å². The lowest BCUT2D eigenvalue weighted by Crippen LogP contribution is -2.28. The molecule has 0 fully saturated rings. The van der Waals surface area contributed by atoms with Crippen LogP contribution in [-0.4, -0.2) is 4.57 Å². The third kappa shape index (κ3) is 2.61. The molecule has 0 amide bonds. The van der Waals surface area contributed by atoms with Gasteiger partial charge in [-0.1, -0.05) is 32.1 Å². The first-order valence-electron chi connectivity index (χ1n) is 8.07. The molecule has 1 aliphatic carbocycles. The van der Waals surface area contributed by atoms with E-state index in [2.05, 4.69) is 26.0 Å². The Balaban J connectivity index is 2.29. The summed E-state index contributed by atoms with van der Waals surface area (Å²) in [5.74, 6) is 0. The molecule has 3 rings (SSSR count). The summed E-state index contributed by atoms with van der Waals surface area (Å²) in [6.45, 7) is 4.39. The lowest BCUT2D eigenvalue weighted by atomic mass is 9.71. The number of nitrogens with zero attached hydrogens (tertiary/aromatic N) is 2. The fourth-order valence-electron chi connectivity index (χ4n) is 3.37. The maximum atomic E-state index is 12.3. The standard InChI is InChI=1S/C20H20N2O/c1-3-20(4-2)12-16-9-8-15(14-21)11-17(16)18(13-20)22-10-6-5-7-19(22)23/h5-11,13H,3-4,12H2,1-2H3. The van der Waals surface area contributed by atoms with Gasteiger partial charge in [-0.2, -0.15) is 5.26 Å². The van der Waals surface area contributed by atoms with Crippen LogP contribution >= 0.6 is 0 Å². The molecule has 0 unspecified atom stereocenters. The van der Waals surface area contributed by atoms with Crippen LogP contribution in [0.3, 0.4) is 0 Å². The highest BCUT2D eigenvalue weighted by atomic mass is 16.1. The molecule has 3 heteroatoms. The van der Waals surface area contributed by atoms with Crippen molar-refractivity contribution in [3.8, 4) is 6.07 Å². The normalized spacial score (nSPS) is 15.4. The summed E-state index contributed by atoms with van der Waals surface area (Å²) < 4.78 is 1.69. The quantitative estimate of drug-likeness (QED) is 0.861. The number of pyridine rings is 1. The predicted octanol–water partition coefficient (Wildman–Crippen LogP) is 3.97. The van der Waals surface area contributed by atoms with Crippen molar-refractivity contribution < 1.29 is 0 Å². The fraction of sp³-hybridized carbons (Fsp3) is 0.300. The summed E-state index contributed by atoms with van der Waals surface area (Å²) >= 11 is 0. The van der Waals surface area contributed by atoms with Crippen molar-refractivity contribution >= 4 is 5.70 Å². The number of hydrogen-bond donors (Lipinski definition) is 0. The molecule has 0 atom stereocenters. The van der Waals surface area contributed by atoms with E-state index in [0.717, 1.165) is 30.5 Å². The Kier molecular flexibility index (Phi) is 3.92. The average molecular weight is 304 g/mol. The molecule has 0 radical (unpaired) electrons. The second-order valence-corrected chi connectivity index (χ2v) is 6.17. The molecular weight excluding hydrogens is 284 g/mol. The lowest BCUT2D eigenvalue weighted by Gasteiger charge is -2.35. The topological polar surface area (TPSA) is 45.8 Å². The third-order valence-corrected chi connectivity index (χ3v) is 4.99. The summed E-state index contributed by atoms with van der Waals surface area (Å²) in [4.78, 5) is 12.3. The SMILES string of the molecule is CCC1(CC)C=C(n2ccccc2=O)c2cc(C#N)ccc2C1. The van der Waals surface area contributed by atoms with E-state index >= 15 is 0 Å². The Morgan fingerprint density at radius 2 is 2.00 bits per heavy atom. The number of hydrogen-bond acceptors (Lipinski definition) is 2. The number of aromatic nitrogens is 1. The molecule has 1 aromatic heterocycles. The van der Waals surface area contributed by atoms with Gasteiger partial charge in [0.1, 0.15) is 0 Å². The smallest absolute Gasteiger partial charge is 0.255 e. The molecule has 1 aromatic carbocycles. The van der Waals surface area contributed by atoms with Gasteiger partial charge in [0.2, 0.25) is 0 Å². The van der Waals surface area contributed by atoms with Gasteiger partial charge in [0.15, 0.2) is 0 Å². The van der Waals surface area contributed by atoms with E-state index in [-0.39, 0.29) is 11.0 Å². The van der Waals surface area contributed by atoms with Crippen LogP contribution in [0.15, 0.2) is 53.5 Å². The molecule has 0 bridgehead atoms. The minimum absolute atomic E-state index is 0.0462. The highest BCUT2D eigenvalue weighted by molar-refractivity contribution is 5.72. The maximum Gasteiger partial charge on any atom is 0.255 e. The molecule has 0 spiro atoms. The van der Waals surface area contributed by atoms with E-state index in [1.165, 1.54) is 5.56 Å². The maximum absolute atomic E-state index is 12.3. The van der Waals surface area contributed by atoms with Crippen LogP contribution in [0, 0.1) is 16.7 Å². The van der Waals surface area contributed by atoms with Gasteiger partial charge in [-0.05, 0) is 48.4 Å². The summed E-state index contributed by atoms with van der Waals surface area (Å²) in [5, 5.41) is 9.21. The molecule has 0 saturated carbocycles. The Morgan fingerprint density at radius 3 is 2.65 bits per heavy atom. The molecule has 1 heterocycles. The Labute approximate surface area is 136 Å². The second-order valence-electron chi connectivity index (χ2n) is 6.17. The van der Waals surface area contributed by atoms with Crippen molar-refractivity contribution in [1.82, 2.24) is 4.57 Å². The van der Waals surface area contributed by atoms with Gasteiger partial charge in [-0.25, -0.2) is 0 Å². The van der Waals surface area contributed by atoms with Crippen LogP contribution < -0.4 is 5.56 Å². The number of rotatable bonds is 3. The number of nitriles is 1. The lowest BCUT2D eigenvalue weighted by molar-refractivity contribution is 0.345. The zero-order valence-electron chi connectivity index (χ0n) is 13.5. The minimum Gasteiger partial charge on any atom is -0.284 e. The second kappa shape index (κ2) is 5.89. The van der Waals surface area contributed by atoms with E-state index in [9.17, 15) is 10.1 Å². The number of fused-ring (bicyclic) bond motifs is 1. The van der Waals surface area contributed by atoms with Crippen LogP contribution in [0.2, 0.25) is 0 Å². The van der Waals surface area contributed by atoms with Crippen molar-refractivity contribution in [3.05, 3.63) is 75.7 Å². The highest BCUT2D eigenvalue weighted by Gasteiger charge is 2.31. The van der Waals surface area contributed by atoms with Gasteiger partial charge in [-0.3, -0.25) is 9.36 Å². The summed E-state index contributed by atoms with van der Waals surface area (Å²) in [7, 11) is 0. The third-order valence-electron chi connectivity index (χ3n) is 4.99. The monoisotopic (exact) mass is 304 g/mol. The molecular formula is C20H20N2O. The van der Waals surface area contributed by atoms with Crippen LogP contribution in [-0.2, 0) is 6.42 Å². The van der Waals surface area contributed by atoms with Crippen molar-refractivity contribution in [2.75, 3.05) is 0 Å². The predicted molar refractivity (Wildman–Crippen MR) is 92.0 cm³/mol. The minimum atomic E-state index is -0.0462. The van der Waals surface area contributed by atoms with Crippen molar-refractivity contribution in [1.29, 1.82) is 5.26 Å². The first-order chi connectivity index (χ1) is 11.1. The molecule has 0 saturated heterocycles. The number of allylic oxidation sites excluding steroid dienone is 1. The van der Waals surface area contributed by atoms with Gasteiger partial charge >= 0.3 is 0 Å². The van der Waals surface area contributed by atoms with Crippen LogP contribution in [0.4, 0.5) is 0 Å². The first-order valence-corrected chi connectivity index (χ1v) is 8.07. The van der Waals surface area contributed by atoms with Crippen molar-refractivity contribution in [2.24, 2.45) is 5.41 Å². The molecule has 23 heavy (non-hydrogen) atoms. The molecule has 0 N–H and O–H groups in total. The van der Waals surface area contributed by atoms with E-state index < -0.39 is 0 Å². The van der Waals surface area contributed by atoms with Crippen LogP contribution in [0.1, 0.15) is 43.4 Å². The molecule has 0 aliphatic heterocycles. The summed E-state index contributed by atoms with van der Waals surface area (Å²) in [6, 6.07) is 13.2. The fourth-order valence-corrected chi connectivity index (χ4v) is 3.37. The van der Waals surface area contributed by atoms with Gasteiger partial charge in [0, 0.05) is 17.8 Å². The molecule has 3 nitrogen and oxygen atoms in total. The highest BCUT2D eigenvalue weighted by Crippen LogP contribution is 2.42. The Morgan fingerprint density at radius 1 is 1.22 bits per heavy atom. The molecule has 1 aliphatic rings. The largest absolute Gasteiger partial charge is 0.284 e. The summed E-state index contributed by atoms with van der Waals surface area (Å²) in [6.07, 6.45) is 7.03. The van der Waals surface area contributed by atoms with Crippen LogP contribution in [0.25, 0.3) is 5.70 Å². The van der Waals surface area contributed by atoms with Crippen molar-refractivity contribution in [3.63, 3.8) is 0 Å². The van der Waals surface area contributed by atoms with E-state index in [0.29, 0.717) is 5.56 Å². The Hall–Kier alpha value is -2.60. The molecule has 116 valence electrons. The zero-order valence-corrected chi connectivity index (χ0v) is 13.5.